The van der Waals surface area contributed by atoms with Gasteiger partial charge in [-0.25, -0.2) is 0 Å². The van der Waals surface area contributed by atoms with Gasteiger partial charge in [0.25, 0.3) is 0 Å². The van der Waals surface area contributed by atoms with Gasteiger partial charge >= 0.3 is 0 Å². The fourth-order valence-electron chi connectivity index (χ4n) is 1.01. The first-order valence-corrected chi connectivity index (χ1v) is 4.26. The van der Waals surface area contributed by atoms with Crippen LogP contribution in [-0.2, 0) is 6.54 Å². The molecule has 0 radical (unpaired) electrons. The van der Waals surface area contributed by atoms with Gasteiger partial charge in [0, 0.05) is 13.6 Å². The minimum Gasteiger partial charge on any atom is -0.352 e. The lowest BCUT2D eigenvalue weighted by Gasteiger charge is -2.06. The third-order valence-corrected chi connectivity index (χ3v) is 1.70. The van der Waals surface area contributed by atoms with Gasteiger partial charge in [-0.15, -0.1) is 0 Å². The Morgan fingerprint density at radius 3 is 2.71 bits per heavy atom. The predicted molar refractivity (Wildman–Crippen MR) is 55.4 cm³/mol. The standard InChI is InChI=1S/C10H12N4/c1-12-10(14-8-11)13-7-9-5-3-2-4-6-9/h2-6H,7H2,1H3,(H2,12,13,14). The van der Waals surface area contributed by atoms with Crippen molar-refractivity contribution in [3.8, 4) is 6.19 Å². The molecule has 0 atom stereocenters. The smallest absolute Gasteiger partial charge is 0.204 e. The van der Waals surface area contributed by atoms with Crippen LogP contribution in [-0.4, -0.2) is 13.0 Å². The Hall–Kier alpha value is -2.02. The molecule has 0 spiro atoms. The molecule has 72 valence electrons. The third kappa shape index (κ3) is 3.15. The zero-order valence-corrected chi connectivity index (χ0v) is 7.99. The zero-order chi connectivity index (χ0) is 10.2. The molecule has 0 unspecified atom stereocenters. The maximum absolute atomic E-state index is 8.38. The maximum Gasteiger partial charge on any atom is 0.204 e. The molecular weight excluding hydrogens is 176 g/mol. The van der Waals surface area contributed by atoms with E-state index in [1.54, 1.807) is 7.05 Å². The van der Waals surface area contributed by atoms with Crippen molar-refractivity contribution in [2.45, 2.75) is 6.54 Å². The largest absolute Gasteiger partial charge is 0.352 e. The van der Waals surface area contributed by atoms with Crippen LogP contribution < -0.4 is 10.6 Å². The molecule has 0 aromatic heterocycles. The van der Waals surface area contributed by atoms with E-state index in [0.717, 1.165) is 5.56 Å². The molecule has 0 aliphatic carbocycles. The summed E-state index contributed by atoms with van der Waals surface area (Å²) >= 11 is 0. The Bertz CT molecular complexity index is 337. The van der Waals surface area contributed by atoms with E-state index < -0.39 is 0 Å². The minimum absolute atomic E-state index is 0.483. The monoisotopic (exact) mass is 188 g/mol. The quantitative estimate of drug-likeness (QED) is 0.313. The Kier molecular flexibility index (Phi) is 4.02. The van der Waals surface area contributed by atoms with Crippen molar-refractivity contribution in [3.63, 3.8) is 0 Å². The number of rotatable bonds is 2. The number of hydrogen-bond donors (Lipinski definition) is 2. The fourth-order valence-corrected chi connectivity index (χ4v) is 1.01. The molecule has 0 saturated carbocycles. The second-order valence-corrected chi connectivity index (χ2v) is 2.65. The molecule has 0 fully saturated rings. The first-order valence-electron chi connectivity index (χ1n) is 4.26. The molecule has 14 heavy (non-hydrogen) atoms. The molecule has 1 aromatic rings. The van der Waals surface area contributed by atoms with Crippen molar-refractivity contribution in [3.05, 3.63) is 35.9 Å². The van der Waals surface area contributed by atoms with E-state index in [1.165, 1.54) is 0 Å². The first-order chi connectivity index (χ1) is 6.86. The van der Waals surface area contributed by atoms with Crippen molar-refractivity contribution in [1.29, 1.82) is 5.26 Å². The minimum atomic E-state index is 0.483. The summed E-state index contributed by atoms with van der Waals surface area (Å²) in [6.07, 6.45) is 1.81. The predicted octanol–water partition coefficient (Wildman–Crippen LogP) is 0.833. The van der Waals surface area contributed by atoms with Crippen LogP contribution in [0, 0.1) is 11.5 Å². The second-order valence-electron chi connectivity index (χ2n) is 2.65. The van der Waals surface area contributed by atoms with Gasteiger partial charge in [0.15, 0.2) is 6.19 Å². The zero-order valence-electron chi connectivity index (χ0n) is 7.99. The summed E-state index contributed by atoms with van der Waals surface area (Å²) in [5, 5.41) is 13.8. The van der Waals surface area contributed by atoms with E-state index in [9.17, 15) is 0 Å². The molecule has 4 heteroatoms. The molecule has 0 saturated heterocycles. The molecule has 0 aliphatic rings. The fraction of sp³-hybridized carbons (Fsp3) is 0.200. The van der Waals surface area contributed by atoms with Gasteiger partial charge in [-0.3, -0.25) is 10.3 Å². The number of aliphatic imine (C=N–C) groups is 1. The molecule has 0 aliphatic heterocycles. The highest BCUT2D eigenvalue weighted by Gasteiger charge is 1.95. The molecule has 1 aromatic carbocycles. The molecule has 1 rings (SSSR count). The van der Waals surface area contributed by atoms with E-state index in [1.807, 2.05) is 36.5 Å². The van der Waals surface area contributed by atoms with Crippen LogP contribution in [0.4, 0.5) is 0 Å². The lowest BCUT2D eigenvalue weighted by Crippen LogP contribution is -2.33. The van der Waals surface area contributed by atoms with Gasteiger partial charge in [-0.05, 0) is 5.56 Å². The van der Waals surface area contributed by atoms with Crippen molar-refractivity contribution < 1.29 is 0 Å². The molecule has 0 bridgehead atoms. The number of guanidine groups is 1. The summed E-state index contributed by atoms with van der Waals surface area (Å²) in [6.45, 7) is 0.655. The number of nitrogens with one attached hydrogen (secondary N) is 2. The molecular formula is C10H12N4. The summed E-state index contributed by atoms with van der Waals surface area (Å²) in [7, 11) is 1.62. The number of nitriles is 1. The van der Waals surface area contributed by atoms with E-state index in [-0.39, 0.29) is 0 Å². The van der Waals surface area contributed by atoms with Gasteiger partial charge in [0.2, 0.25) is 5.96 Å². The average Bonchev–Trinajstić information content (AvgIpc) is 2.25. The second kappa shape index (κ2) is 5.60. The summed E-state index contributed by atoms with van der Waals surface area (Å²) in [6, 6.07) is 9.92. The number of hydrogen-bond acceptors (Lipinski definition) is 2. The SMILES string of the molecule is CN=C(NC#N)NCc1ccccc1. The van der Waals surface area contributed by atoms with Gasteiger partial charge in [-0.1, -0.05) is 30.3 Å². The number of nitrogens with zero attached hydrogens (tertiary/aromatic N) is 2. The summed E-state index contributed by atoms with van der Waals surface area (Å²) < 4.78 is 0. The normalized spacial score (nSPS) is 10.4. The van der Waals surface area contributed by atoms with E-state index in [2.05, 4.69) is 15.6 Å². The van der Waals surface area contributed by atoms with Crippen LogP contribution in [0.5, 0.6) is 0 Å². The Labute approximate surface area is 83.3 Å². The van der Waals surface area contributed by atoms with Gasteiger partial charge in [-0.2, -0.15) is 5.26 Å². The van der Waals surface area contributed by atoms with Gasteiger partial charge in [0.05, 0.1) is 0 Å². The summed E-state index contributed by atoms with van der Waals surface area (Å²) in [5.41, 5.74) is 1.15. The Morgan fingerprint density at radius 1 is 1.43 bits per heavy atom. The highest BCUT2D eigenvalue weighted by molar-refractivity contribution is 5.80. The highest BCUT2D eigenvalue weighted by Crippen LogP contribution is 1.96. The first kappa shape index (κ1) is 10.1. The van der Waals surface area contributed by atoms with Gasteiger partial charge in [0.1, 0.15) is 0 Å². The molecule has 4 nitrogen and oxygen atoms in total. The molecule has 2 N–H and O–H groups in total. The van der Waals surface area contributed by atoms with Crippen LogP contribution in [0.15, 0.2) is 35.3 Å². The van der Waals surface area contributed by atoms with Crippen LogP contribution >= 0.6 is 0 Å². The van der Waals surface area contributed by atoms with Crippen LogP contribution in [0.2, 0.25) is 0 Å². The Balaban J connectivity index is 2.45. The van der Waals surface area contributed by atoms with E-state index >= 15 is 0 Å². The summed E-state index contributed by atoms with van der Waals surface area (Å²) in [4.78, 5) is 3.86. The van der Waals surface area contributed by atoms with Crippen molar-refractivity contribution >= 4 is 5.96 Å². The van der Waals surface area contributed by atoms with Crippen LogP contribution in [0.3, 0.4) is 0 Å². The van der Waals surface area contributed by atoms with Crippen LogP contribution in [0.25, 0.3) is 0 Å². The average molecular weight is 188 g/mol. The summed E-state index contributed by atoms with van der Waals surface area (Å²) in [5.74, 6) is 0.483. The van der Waals surface area contributed by atoms with E-state index in [0.29, 0.717) is 12.5 Å². The lowest BCUT2D eigenvalue weighted by atomic mass is 10.2. The molecule has 0 heterocycles. The van der Waals surface area contributed by atoms with Crippen LogP contribution in [0.1, 0.15) is 5.56 Å². The van der Waals surface area contributed by atoms with Crippen molar-refractivity contribution in [1.82, 2.24) is 10.6 Å². The molecule has 0 amide bonds. The highest BCUT2D eigenvalue weighted by atomic mass is 15.2. The topological polar surface area (TPSA) is 60.2 Å². The third-order valence-electron chi connectivity index (χ3n) is 1.70. The maximum atomic E-state index is 8.38. The number of benzene rings is 1. The Morgan fingerprint density at radius 2 is 2.14 bits per heavy atom. The lowest BCUT2D eigenvalue weighted by molar-refractivity contribution is 0.879. The van der Waals surface area contributed by atoms with E-state index in [4.69, 9.17) is 5.26 Å². The van der Waals surface area contributed by atoms with Crippen molar-refractivity contribution in [2.75, 3.05) is 7.05 Å². The van der Waals surface area contributed by atoms with Crippen molar-refractivity contribution in [2.24, 2.45) is 4.99 Å². The van der Waals surface area contributed by atoms with Gasteiger partial charge < -0.3 is 5.32 Å².